The molecule has 0 bridgehead atoms. The van der Waals surface area contributed by atoms with Crippen LogP contribution in [0.1, 0.15) is 6.42 Å². The topological polar surface area (TPSA) is 93.2 Å². The summed E-state index contributed by atoms with van der Waals surface area (Å²) in [6.07, 6.45) is -0.350. The zero-order valence-electron chi connectivity index (χ0n) is 7.54. The molecule has 0 atom stereocenters. The van der Waals surface area contributed by atoms with Crippen LogP contribution < -0.4 is 4.74 Å². The summed E-state index contributed by atoms with van der Waals surface area (Å²) >= 11 is 0. The second-order valence-corrected chi connectivity index (χ2v) is 2.56. The number of carbonyl (C=O) groups excluding carboxylic acids is 1. The number of nitrogens with zero attached hydrogens (tertiary/aromatic N) is 2. The first kappa shape index (κ1) is 10.7. The Morgan fingerprint density at radius 1 is 1.47 bits per heavy atom. The van der Waals surface area contributed by atoms with Crippen LogP contribution in [0.4, 0.5) is 5.69 Å². The van der Waals surface area contributed by atoms with Crippen molar-refractivity contribution in [3.05, 3.63) is 34.4 Å². The SMILES string of the molecule is N#CCC(=O)Oc1ccc([N+](=O)[O-])cc1. The fourth-order valence-corrected chi connectivity index (χ4v) is 0.868. The van der Waals surface area contributed by atoms with Gasteiger partial charge < -0.3 is 4.74 Å². The van der Waals surface area contributed by atoms with Gasteiger partial charge in [0.1, 0.15) is 12.2 Å². The van der Waals surface area contributed by atoms with Crippen molar-refractivity contribution in [1.82, 2.24) is 0 Å². The van der Waals surface area contributed by atoms with Crippen LogP contribution in [0.15, 0.2) is 24.3 Å². The predicted molar refractivity (Wildman–Crippen MR) is 49.0 cm³/mol. The van der Waals surface area contributed by atoms with Gasteiger partial charge in [-0.2, -0.15) is 5.26 Å². The average molecular weight is 206 g/mol. The molecule has 0 N–H and O–H groups in total. The summed E-state index contributed by atoms with van der Waals surface area (Å²) in [5.41, 5.74) is -0.0879. The van der Waals surface area contributed by atoms with Gasteiger partial charge in [0.05, 0.1) is 11.0 Å². The van der Waals surface area contributed by atoms with Crippen molar-refractivity contribution in [3.63, 3.8) is 0 Å². The lowest BCUT2D eigenvalue weighted by Gasteiger charge is -2.00. The van der Waals surface area contributed by atoms with E-state index in [-0.39, 0.29) is 17.9 Å². The van der Waals surface area contributed by atoms with Crippen LogP contribution in [0, 0.1) is 21.4 Å². The van der Waals surface area contributed by atoms with Crippen LogP contribution in [-0.2, 0) is 4.79 Å². The van der Waals surface area contributed by atoms with Gasteiger partial charge in [0, 0.05) is 12.1 Å². The molecular formula is C9H6N2O4. The molecule has 1 aromatic carbocycles. The maximum absolute atomic E-state index is 10.9. The normalized spacial score (nSPS) is 9.00. The Labute approximate surface area is 84.8 Å². The standard InChI is InChI=1S/C9H6N2O4/c10-6-5-9(12)15-8-3-1-7(2-4-8)11(13)14/h1-4H,5H2. The molecule has 0 aromatic heterocycles. The Balaban J connectivity index is 2.69. The number of hydrogen-bond acceptors (Lipinski definition) is 5. The molecule has 0 aliphatic heterocycles. The lowest BCUT2D eigenvalue weighted by atomic mass is 10.3. The number of ether oxygens (including phenoxy) is 1. The molecule has 6 heteroatoms. The summed E-state index contributed by atoms with van der Waals surface area (Å²) in [5.74, 6) is -0.507. The van der Waals surface area contributed by atoms with Gasteiger partial charge in [-0.1, -0.05) is 0 Å². The number of nitro benzene ring substituents is 1. The van der Waals surface area contributed by atoms with Gasteiger partial charge in [-0.25, -0.2) is 0 Å². The number of rotatable bonds is 3. The molecule has 0 saturated heterocycles. The number of esters is 1. The van der Waals surface area contributed by atoms with E-state index < -0.39 is 10.9 Å². The molecular weight excluding hydrogens is 200 g/mol. The van der Waals surface area contributed by atoms with Gasteiger partial charge >= 0.3 is 5.97 Å². The summed E-state index contributed by atoms with van der Waals surface area (Å²) in [5, 5.41) is 18.5. The Morgan fingerprint density at radius 2 is 2.07 bits per heavy atom. The molecule has 0 unspecified atom stereocenters. The van der Waals surface area contributed by atoms with Gasteiger partial charge in [-0.15, -0.1) is 0 Å². The number of hydrogen-bond donors (Lipinski definition) is 0. The lowest BCUT2D eigenvalue weighted by molar-refractivity contribution is -0.384. The third kappa shape index (κ3) is 3.08. The van der Waals surface area contributed by atoms with Crippen molar-refractivity contribution >= 4 is 11.7 Å². The maximum Gasteiger partial charge on any atom is 0.325 e. The van der Waals surface area contributed by atoms with E-state index in [1.807, 2.05) is 0 Å². The summed E-state index contributed by atoms with van der Waals surface area (Å²) in [6, 6.07) is 6.67. The molecule has 76 valence electrons. The Bertz CT molecular complexity index is 419. The Hall–Kier alpha value is -2.42. The van der Waals surface area contributed by atoms with Crippen LogP contribution in [0.2, 0.25) is 0 Å². The zero-order chi connectivity index (χ0) is 11.3. The van der Waals surface area contributed by atoms with E-state index >= 15 is 0 Å². The molecule has 6 nitrogen and oxygen atoms in total. The second-order valence-electron chi connectivity index (χ2n) is 2.56. The quantitative estimate of drug-likeness (QED) is 0.322. The summed E-state index contributed by atoms with van der Waals surface area (Å²) in [7, 11) is 0. The fraction of sp³-hybridized carbons (Fsp3) is 0.111. The molecule has 0 aliphatic rings. The van der Waals surface area contributed by atoms with Crippen molar-refractivity contribution in [2.75, 3.05) is 0 Å². The summed E-state index contributed by atoms with van der Waals surface area (Å²) < 4.78 is 4.71. The molecule has 0 aliphatic carbocycles. The van der Waals surface area contributed by atoms with Crippen molar-refractivity contribution in [2.45, 2.75) is 6.42 Å². The van der Waals surface area contributed by atoms with Gasteiger partial charge in [0.15, 0.2) is 0 Å². The van der Waals surface area contributed by atoms with Gasteiger partial charge in [0.25, 0.3) is 5.69 Å². The molecule has 0 saturated carbocycles. The van der Waals surface area contributed by atoms with E-state index in [2.05, 4.69) is 0 Å². The maximum atomic E-state index is 10.9. The first-order valence-electron chi connectivity index (χ1n) is 3.95. The molecule has 0 amide bonds. The molecule has 0 radical (unpaired) electrons. The van der Waals surface area contributed by atoms with E-state index in [1.54, 1.807) is 6.07 Å². The number of carbonyl (C=O) groups is 1. The smallest absolute Gasteiger partial charge is 0.325 e. The third-order valence-electron chi connectivity index (χ3n) is 1.50. The van der Waals surface area contributed by atoms with Crippen molar-refractivity contribution in [3.8, 4) is 11.8 Å². The van der Waals surface area contributed by atoms with Crippen molar-refractivity contribution in [2.24, 2.45) is 0 Å². The minimum absolute atomic E-state index is 0.0879. The fourth-order valence-electron chi connectivity index (χ4n) is 0.868. The first-order chi connectivity index (χ1) is 7.13. The molecule has 0 spiro atoms. The van der Waals surface area contributed by atoms with Crippen molar-refractivity contribution < 1.29 is 14.5 Å². The highest BCUT2D eigenvalue weighted by molar-refractivity contribution is 5.74. The minimum Gasteiger partial charge on any atom is -0.426 e. The second kappa shape index (κ2) is 4.72. The molecule has 1 aromatic rings. The molecule has 0 fully saturated rings. The van der Waals surface area contributed by atoms with Crippen LogP contribution in [0.25, 0.3) is 0 Å². The number of benzene rings is 1. The van der Waals surface area contributed by atoms with E-state index in [1.165, 1.54) is 24.3 Å². The van der Waals surface area contributed by atoms with E-state index in [0.717, 1.165) is 0 Å². The molecule has 0 heterocycles. The number of non-ortho nitro benzene ring substituents is 1. The monoisotopic (exact) mass is 206 g/mol. The lowest BCUT2D eigenvalue weighted by Crippen LogP contribution is -2.06. The number of nitro groups is 1. The van der Waals surface area contributed by atoms with Crippen LogP contribution in [0.3, 0.4) is 0 Å². The molecule has 15 heavy (non-hydrogen) atoms. The van der Waals surface area contributed by atoms with Crippen LogP contribution in [-0.4, -0.2) is 10.9 Å². The first-order valence-corrected chi connectivity index (χ1v) is 3.95. The van der Waals surface area contributed by atoms with Crippen LogP contribution >= 0.6 is 0 Å². The van der Waals surface area contributed by atoms with E-state index in [4.69, 9.17) is 10.00 Å². The number of nitriles is 1. The summed E-state index contributed by atoms with van der Waals surface area (Å²) in [6.45, 7) is 0. The largest absolute Gasteiger partial charge is 0.426 e. The van der Waals surface area contributed by atoms with Gasteiger partial charge in [-0.05, 0) is 12.1 Å². The molecule has 1 rings (SSSR count). The van der Waals surface area contributed by atoms with Crippen LogP contribution in [0.5, 0.6) is 5.75 Å². The van der Waals surface area contributed by atoms with E-state index in [9.17, 15) is 14.9 Å². The predicted octanol–water partition coefficient (Wildman–Crippen LogP) is 1.41. The highest BCUT2D eigenvalue weighted by Gasteiger charge is 2.07. The Morgan fingerprint density at radius 3 is 2.53 bits per heavy atom. The van der Waals surface area contributed by atoms with Gasteiger partial charge in [-0.3, -0.25) is 14.9 Å². The van der Waals surface area contributed by atoms with Crippen molar-refractivity contribution in [1.29, 1.82) is 5.26 Å². The minimum atomic E-state index is -0.689. The third-order valence-corrected chi connectivity index (χ3v) is 1.50. The highest BCUT2D eigenvalue weighted by Crippen LogP contribution is 2.17. The summed E-state index contributed by atoms with van der Waals surface area (Å²) in [4.78, 5) is 20.6. The van der Waals surface area contributed by atoms with E-state index in [0.29, 0.717) is 0 Å². The Kier molecular flexibility index (Phi) is 3.35. The zero-order valence-corrected chi connectivity index (χ0v) is 7.54. The van der Waals surface area contributed by atoms with Gasteiger partial charge in [0.2, 0.25) is 0 Å². The average Bonchev–Trinajstić information content (AvgIpc) is 2.18. The highest BCUT2D eigenvalue weighted by atomic mass is 16.6.